The molecule has 0 aliphatic heterocycles. The van der Waals surface area contributed by atoms with E-state index in [2.05, 4.69) is 78.9 Å². The summed E-state index contributed by atoms with van der Waals surface area (Å²) in [7, 11) is 0. The standard InChI is InChI=1S/C39H32O3/c1-4-10-30(11-5-1)27-40-36-21-16-33(17-22-36)35-20-25-39(42-29-32-14-8-3-9-15-32)38(26-35)34-18-23-37(24-19-34)41-28-31-12-6-2-7-13-31/h1-26H,27-29H2. The van der Waals surface area contributed by atoms with Crippen LogP contribution in [0.4, 0.5) is 0 Å². The average Bonchev–Trinajstić information content (AvgIpc) is 3.07. The van der Waals surface area contributed by atoms with Gasteiger partial charge in [0.25, 0.3) is 0 Å². The van der Waals surface area contributed by atoms with Crippen LogP contribution in [0.1, 0.15) is 16.7 Å². The fourth-order valence-electron chi connectivity index (χ4n) is 4.75. The Morgan fingerprint density at radius 2 is 0.738 bits per heavy atom. The second kappa shape index (κ2) is 13.4. The summed E-state index contributed by atoms with van der Waals surface area (Å²) in [6.45, 7) is 1.58. The second-order valence-corrected chi connectivity index (χ2v) is 10.1. The zero-order chi connectivity index (χ0) is 28.4. The van der Waals surface area contributed by atoms with Gasteiger partial charge in [0.05, 0.1) is 0 Å². The maximum Gasteiger partial charge on any atom is 0.127 e. The molecule has 0 amide bonds. The van der Waals surface area contributed by atoms with E-state index in [1.165, 1.54) is 0 Å². The lowest BCUT2D eigenvalue weighted by Gasteiger charge is -2.15. The lowest BCUT2D eigenvalue weighted by molar-refractivity contribution is 0.306. The summed E-state index contributed by atoms with van der Waals surface area (Å²) < 4.78 is 18.4. The molecule has 3 nitrogen and oxygen atoms in total. The minimum absolute atomic E-state index is 0.499. The predicted molar refractivity (Wildman–Crippen MR) is 170 cm³/mol. The highest BCUT2D eigenvalue weighted by Crippen LogP contribution is 2.36. The van der Waals surface area contributed by atoms with E-state index in [1.54, 1.807) is 0 Å². The fraction of sp³-hybridized carbons (Fsp3) is 0.0769. The number of hydrogen-bond acceptors (Lipinski definition) is 3. The van der Waals surface area contributed by atoms with Gasteiger partial charge in [0.2, 0.25) is 0 Å². The van der Waals surface area contributed by atoms with E-state index in [9.17, 15) is 0 Å². The van der Waals surface area contributed by atoms with Crippen molar-refractivity contribution in [3.05, 3.63) is 174 Å². The first-order valence-corrected chi connectivity index (χ1v) is 14.2. The third-order valence-electron chi connectivity index (χ3n) is 7.07. The zero-order valence-electron chi connectivity index (χ0n) is 23.4. The molecule has 0 bridgehead atoms. The molecule has 6 rings (SSSR count). The van der Waals surface area contributed by atoms with Gasteiger partial charge in [-0.1, -0.05) is 121 Å². The van der Waals surface area contributed by atoms with Gasteiger partial charge in [0, 0.05) is 5.56 Å². The van der Waals surface area contributed by atoms with Gasteiger partial charge in [-0.25, -0.2) is 0 Å². The van der Waals surface area contributed by atoms with Gasteiger partial charge in [0.15, 0.2) is 0 Å². The Morgan fingerprint density at radius 3 is 1.21 bits per heavy atom. The Hall–Kier alpha value is -5.28. The summed E-state index contributed by atoms with van der Waals surface area (Å²) in [4.78, 5) is 0. The highest BCUT2D eigenvalue weighted by atomic mass is 16.5. The molecule has 6 aromatic carbocycles. The van der Waals surface area contributed by atoms with Crippen LogP contribution in [-0.2, 0) is 19.8 Å². The molecule has 0 aromatic heterocycles. The summed E-state index contributed by atoms with van der Waals surface area (Å²) in [5.74, 6) is 2.51. The summed E-state index contributed by atoms with van der Waals surface area (Å²) in [6, 6.07) is 53.5. The molecule has 0 saturated carbocycles. The monoisotopic (exact) mass is 548 g/mol. The summed E-state index contributed by atoms with van der Waals surface area (Å²) in [6.07, 6.45) is 0. The first-order valence-electron chi connectivity index (χ1n) is 14.2. The molecule has 0 aliphatic carbocycles. The molecule has 0 aliphatic rings. The van der Waals surface area contributed by atoms with Crippen molar-refractivity contribution in [2.75, 3.05) is 0 Å². The van der Waals surface area contributed by atoms with Crippen LogP contribution < -0.4 is 14.2 Å². The molecule has 0 spiro atoms. The quantitative estimate of drug-likeness (QED) is 0.161. The van der Waals surface area contributed by atoms with E-state index >= 15 is 0 Å². The maximum absolute atomic E-state index is 6.35. The largest absolute Gasteiger partial charge is 0.489 e. The molecule has 3 heteroatoms. The Labute approximate surface area is 247 Å². The summed E-state index contributed by atoms with van der Waals surface area (Å²) >= 11 is 0. The van der Waals surface area contributed by atoms with Crippen LogP contribution in [0.2, 0.25) is 0 Å². The Kier molecular flexibility index (Phi) is 8.58. The summed E-state index contributed by atoms with van der Waals surface area (Å²) in [5.41, 5.74) is 7.73. The predicted octanol–water partition coefficient (Wildman–Crippen LogP) is 9.76. The van der Waals surface area contributed by atoms with Crippen LogP contribution in [0.15, 0.2) is 158 Å². The molecule has 0 unspecified atom stereocenters. The van der Waals surface area contributed by atoms with Gasteiger partial charge >= 0.3 is 0 Å². The van der Waals surface area contributed by atoms with Crippen LogP contribution >= 0.6 is 0 Å². The Morgan fingerprint density at radius 1 is 0.333 bits per heavy atom. The van der Waals surface area contributed by atoms with Gasteiger partial charge in [-0.2, -0.15) is 0 Å². The van der Waals surface area contributed by atoms with E-state index in [0.29, 0.717) is 19.8 Å². The van der Waals surface area contributed by atoms with Crippen molar-refractivity contribution < 1.29 is 14.2 Å². The van der Waals surface area contributed by atoms with Gasteiger partial charge in [0.1, 0.15) is 37.1 Å². The van der Waals surface area contributed by atoms with E-state index in [1.807, 2.05) is 78.9 Å². The highest BCUT2D eigenvalue weighted by Gasteiger charge is 2.11. The van der Waals surface area contributed by atoms with E-state index in [-0.39, 0.29) is 0 Å². The summed E-state index contributed by atoms with van der Waals surface area (Å²) in [5, 5.41) is 0. The maximum atomic E-state index is 6.35. The van der Waals surface area contributed by atoms with Crippen molar-refractivity contribution in [2.24, 2.45) is 0 Å². The SMILES string of the molecule is c1ccc(COc2ccc(-c3ccc(OCc4ccccc4)c(-c4ccc(OCc5ccccc5)cc4)c3)cc2)cc1. The molecule has 0 N–H and O–H groups in total. The number of hydrogen-bond donors (Lipinski definition) is 0. The molecule has 42 heavy (non-hydrogen) atoms. The van der Waals surface area contributed by atoms with E-state index in [4.69, 9.17) is 14.2 Å². The molecular formula is C39H32O3. The van der Waals surface area contributed by atoms with Crippen molar-refractivity contribution >= 4 is 0 Å². The highest BCUT2D eigenvalue weighted by molar-refractivity contribution is 5.78. The van der Waals surface area contributed by atoms with Crippen LogP contribution in [0.3, 0.4) is 0 Å². The van der Waals surface area contributed by atoms with E-state index in [0.717, 1.165) is 56.2 Å². The van der Waals surface area contributed by atoms with E-state index < -0.39 is 0 Å². The normalized spacial score (nSPS) is 10.7. The van der Waals surface area contributed by atoms with Crippen molar-refractivity contribution in [3.8, 4) is 39.5 Å². The molecular weight excluding hydrogens is 516 g/mol. The molecule has 206 valence electrons. The third kappa shape index (κ3) is 7.07. The van der Waals surface area contributed by atoms with Gasteiger partial charge in [-0.05, 0) is 69.8 Å². The molecule has 0 radical (unpaired) electrons. The fourth-order valence-corrected chi connectivity index (χ4v) is 4.75. The zero-order valence-corrected chi connectivity index (χ0v) is 23.4. The van der Waals surface area contributed by atoms with Crippen LogP contribution in [-0.4, -0.2) is 0 Å². The van der Waals surface area contributed by atoms with Gasteiger partial charge < -0.3 is 14.2 Å². The first-order chi connectivity index (χ1) is 20.8. The number of benzene rings is 6. The van der Waals surface area contributed by atoms with Crippen molar-refractivity contribution in [1.29, 1.82) is 0 Å². The second-order valence-electron chi connectivity index (χ2n) is 10.1. The number of ether oxygens (including phenoxy) is 3. The average molecular weight is 549 g/mol. The topological polar surface area (TPSA) is 27.7 Å². The third-order valence-corrected chi connectivity index (χ3v) is 7.07. The smallest absolute Gasteiger partial charge is 0.127 e. The van der Waals surface area contributed by atoms with Crippen LogP contribution in [0, 0.1) is 0 Å². The molecule has 6 aromatic rings. The molecule has 0 atom stereocenters. The van der Waals surface area contributed by atoms with Crippen molar-refractivity contribution in [1.82, 2.24) is 0 Å². The lowest BCUT2D eigenvalue weighted by atomic mass is 9.98. The molecule has 0 fully saturated rings. The van der Waals surface area contributed by atoms with Crippen LogP contribution in [0.25, 0.3) is 22.3 Å². The van der Waals surface area contributed by atoms with Crippen molar-refractivity contribution in [2.45, 2.75) is 19.8 Å². The minimum Gasteiger partial charge on any atom is -0.489 e. The van der Waals surface area contributed by atoms with Crippen molar-refractivity contribution in [3.63, 3.8) is 0 Å². The Balaban J connectivity index is 1.22. The minimum atomic E-state index is 0.499. The van der Waals surface area contributed by atoms with Crippen LogP contribution in [0.5, 0.6) is 17.2 Å². The number of rotatable bonds is 11. The van der Waals surface area contributed by atoms with Gasteiger partial charge in [-0.3, -0.25) is 0 Å². The molecule has 0 saturated heterocycles. The first kappa shape index (κ1) is 26.9. The van der Waals surface area contributed by atoms with Gasteiger partial charge in [-0.15, -0.1) is 0 Å². The lowest BCUT2D eigenvalue weighted by Crippen LogP contribution is -1.98. The Bertz CT molecular complexity index is 1680. The molecule has 0 heterocycles.